The fraction of sp³-hybridized carbons (Fsp3) is 0.235. The van der Waals surface area contributed by atoms with E-state index in [-0.39, 0.29) is 24.8 Å². The summed E-state index contributed by atoms with van der Waals surface area (Å²) >= 11 is 0. The van der Waals surface area contributed by atoms with Crippen molar-refractivity contribution in [3.63, 3.8) is 0 Å². The number of para-hydroxylation sites is 1. The molecule has 1 amide bonds. The first kappa shape index (κ1) is 30.4. The van der Waals surface area contributed by atoms with Crippen molar-refractivity contribution in [2.75, 3.05) is 12.4 Å². The summed E-state index contributed by atoms with van der Waals surface area (Å²) in [6.07, 6.45) is 0.704. The van der Waals surface area contributed by atoms with E-state index in [2.05, 4.69) is 10.1 Å². The van der Waals surface area contributed by atoms with Crippen molar-refractivity contribution < 1.29 is 28.9 Å². The van der Waals surface area contributed by atoms with Gasteiger partial charge >= 0.3 is 5.97 Å². The Morgan fingerprint density at radius 3 is 2.10 bits per heavy atom. The van der Waals surface area contributed by atoms with Crippen molar-refractivity contribution in [2.24, 2.45) is 0 Å². The van der Waals surface area contributed by atoms with E-state index in [9.17, 15) is 24.2 Å². The molecule has 4 rings (SSSR count). The molecule has 4 aromatic rings. The zero-order valence-corrected chi connectivity index (χ0v) is 23.8. The number of aromatic nitrogens is 1. The summed E-state index contributed by atoms with van der Waals surface area (Å²) in [6, 6.07) is 24.5. The minimum Gasteiger partial charge on any atom is -0.469 e. The van der Waals surface area contributed by atoms with Gasteiger partial charge in [-0.2, -0.15) is 0 Å². The van der Waals surface area contributed by atoms with Gasteiger partial charge in [-0.05, 0) is 55.3 Å². The van der Waals surface area contributed by atoms with Gasteiger partial charge in [0.05, 0.1) is 25.7 Å². The number of halogens is 1. The lowest BCUT2D eigenvalue weighted by Crippen LogP contribution is -2.20. The number of methoxy groups -OCH3 is 1. The molecule has 0 spiro atoms. The zero-order valence-electron chi connectivity index (χ0n) is 23.8. The predicted molar refractivity (Wildman–Crippen MR) is 162 cm³/mol. The van der Waals surface area contributed by atoms with Crippen LogP contribution < -0.4 is 5.32 Å². The Bertz CT molecular complexity index is 1530. The third kappa shape index (κ3) is 7.21. The molecule has 8 heteroatoms. The van der Waals surface area contributed by atoms with E-state index >= 15 is 0 Å². The fourth-order valence-electron chi connectivity index (χ4n) is 4.96. The topological polar surface area (TPSA) is 101 Å². The maximum Gasteiger partial charge on any atom is 0.308 e. The number of rotatable bonds is 11. The van der Waals surface area contributed by atoms with Gasteiger partial charge in [0.15, 0.2) is 0 Å². The van der Waals surface area contributed by atoms with Gasteiger partial charge in [0.1, 0.15) is 11.5 Å². The number of aliphatic hydroxyl groups is 2. The first-order valence-electron chi connectivity index (χ1n) is 13.8. The van der Waals surface area contributed by atoms with Crippen molar-refractivity contribution in [3.05, 3.63) is 108 Å². The Kier molecular flexibility index (Phi) is 10.1. The monoisotopic (exact) mass is 570 g/mol. The molecule has 0 unspecified atom stereocenters. The number of anilines is 1. The third-order valence-electron chi connectivity index (χ3n) is 6.82. The molecule has 3 N–H and O–H groups in total. The Balaban J connectivity index is 1.93. The molecule has 7 nitrogen and oxygen atoms in total. The molecule has 1 aromatic heterocycles. The van der Waals surface area contributed by atoms with E-state index in [0.717, 1.165) is 5.56 Å². The smallest absolute Gasteiger partial charge is 0.308 e. The van der Waals surface area contributed by atoms with Gasteiger partial charge in [-0.3, -0.25) is 9.59 Å². The highest BCUT2D eigenvalue weighted by Crippen LogP contribution is 2.42. The highest BCUT2D eigenvalue weighted by Gasteiger charge is 2.29. The minimum absolute atomic E-state index is 0.0905. The second-order valence-electron chi connectivity index (χ2n) is 10.2. The standard InChI is InChI=1S/C34H35FN2O5/c1-22(2)37-29(19-18-27(38)20-28(39)21-30(40)42-3)31(24-14-16-25(35)17-15-24)32(23-10-6-4-7-11-23)33(37)34(41)36-26-12-8-5-9-13-26/h4-19,22,27-28,38-39H,20-21H2,1-3H3,(H,36,41)/b19-18+/t27-,28+/m0/s1. The van der Waals surface area contributed by atoms with E-state index < -0.39 is 24.0 Å². The summed E-state index contributed by atoms with van der Waals surface area (Å²) in [7, 11) is 1.23. The number of hydrogen-bond donors (Lipinski definition) is 3. The summed E-state index contributed by atoms with van der Waals surface area (Å²) < 4.78 is 20.5. The van der Waals surface area contributed by atoms with Crippen LogP contribution in [0.1, 0.15) is 48.9 Å². The van der Waals surface area contributed by atoms with E-state index in [0.29, 0.717) is 33.8 Å². The van der Waals surface area contributed by atoms with Gasteiger partial charge < -0.3 is 24.8 Å². The van der Waals surface area contributed by atoms with Crippen molar-refractivity contribution in [2.45, 2.75) is 44.9 Å². The lowest BCUT2D eigenvalue weighted by molar-refractivity contribution is -0.143. The maximum absolute atomic E-state index is 14.1. The quantitative estimate of drug-likeness (QED) is 0.179. The molecule has 218 valence electrons. The van der Waals surface area contributed by atoms with Gasteiger partial charge in [-0.25, -0.2) is 4.39 Å². The van der Waals surface area contributed by atoms with E-state index in [1.165, 1.54) is 25.3 Å². The van der Waals surface area contributed by atoms with Crippen molar-refractivity contribution in [3.8, 4) is 22.3 Å². The van der Waals surface area contributed by atoms with Crippen LogP contribution in [0.3, 0.4) is 0 Å². The number of ether oxygens (including phenoxy) is 1. The molecule has 1 heterocycles. The first-order valence-corrected chi connectivity index (χ1v) is 13.8. The number of hydrogen-bond acceptors (Lipinski definition) is 5. The van der Waals surface area contributed by atoms with E-state index in [4.69, 9.17) is 0 Å². The third-order valence-corrected chi connectivity index (χ3v) is 6.82. The molecule has 0 aliphatic carbocycles. The molecule has 0 bridgehead atoms. The Hall–Kier alpha value is -4.53. The molecule has 0 aliphatic heterocycles. The number of nitrogens with one attached hydrogen (secondary N) is 1. The largest absolute Gasteiger partial charge is 0.469 e. The first-order chi connectivity index (χ1) is 20.2. The minimum atomic E-state index is -1.10. The summed E-state index contributed by atoms with van der Waals surface area (Å²) in [5.41, 5.74) is 4.47. The van der Waals surface area contributed by atoms with Crippen LogP contribution in [0.25, 0.3) is 28.3 Å². The molecule has 0 fully saturated rings. The SMILES string of the molecule is COC(=O)C[C@H](O)C[C@@H](O)/C=C/c1c(-c2ccc(F)cc2)c(-c2ccccc2)c(C(=O)Nc2ccccc2)n1C(C)C. The number of carbonyl (C=O) groups excluding carboxylic acids is 2. The Morgan fingerprint density at radius 2 is 1.50 bits per heavy atom. The highest BCUT2D eigenvalue weighted by molar-refractivity contribution is 6.11. The maximum atomic E-state index is 14.1. The number of carbonyl (C=O) groups is 2. The van der Waals surface area contributed by atoms with Gasteiger partial charge in [-0.1, -0.05) is 66.7 Å². The number of aliphatic hydroxyl groups excluding tert-OH is 2. The molecule has 0 saturated carbocycles. The van der Waals surface area contributed by atoms with Crippen molar-refractivity contribution in [1.82, 2.24) is 4.57 Å². The lowest BCUT2D eigenvalue weighted by atomic mass is 9.94. The van der Waals surface area contributed by atoms with Crippen LogP contribution >= 0.6 is 0 Å². The van der Waals surface area contributed by atoms with Crippen LogP contribution in [0.15, 0.2) is 91.0 Å². The molecule has 0 saturated heterocycles. The Labute approximate surface area is 244 Å². The lowest BCUT2D eigenvalue weighted by Gasteiger charge is -2.17. The predicted octanol–water partition coefficient (Wildman–Crippen LogP) is 6.48. The molecular weight excluding hydrogens is 535 g/mol. The summed E-state index contributed by atoms with van der Waals surface area (Å²) in [5.74, 6) is -1.30. The van der Waals surface area contributed by atoms with Gasteiger partial charge in [0.25, 0.3) is 5.91 Å². The van der Waals surface area contributed by atoms with Gasteiger partial charge in [0.2, 0.25) is 0 Å². The van der Waals surface area contributed by atoms with Crippen LogP contribution in [-0.4, -0.2) is 46.0 Å². The van der Waals surface area contributed by atoms with E-state index in [1.54, 1.807) is 30.3 Å². The fourth-order valence-corrected chi connectivity index (χ4v) is 4.96. The molecular formula is C34H35FN2O5. The van der Waals surface area contributed by atoms with Gasteiger partial charge in [-0.15, -0.1) is 0 Å². The molecule has 2 atom stereocenters. The van der Waals surface area contributed by atoms with E-state index in [1.807, 2.05) is 66.9 Å². The second-order valence-corrected chi connectivity index (χ2v) is 10.2. The van der Waals surface area contributed by atoms with Crippen LogP contribution in [0.5, 0.6) is 0 Å². The number of nitrogens with zero attached hydrogens (tertiary/aromatic N) is 1. The normalized spacial score (nSPS) is 12.8. The number of amides is 1. The van der Waals surface area contributed by atoms with Crippen molar-refractivity contribution in [1.29, 1.82) is 0 Å². The zero-order chi connectivity index (χ0) is 30.2. The molecule has 3 aromatic carbocycles. The average Bonchev–Trinajstić information content (AvgIpc) is 3.33. The highest BCUT2D eigenvalue weighted by atomic mass is 19.1. The number of esters is 1. The molecule has 0 aliphatic rings. The van der Waals surface area contributed by atoms with Crippen molar-refractivity contribution >= 4 is 23.6 Å². The average molecular weight is 571 g/mol. The molecule has 0 radical (unpaired) electrons. The summed E-state index contributed by atoms with van der Waals surface area (Å²) in [4.78, 5) is 25.6. The molecule has 42 heavy (non-hydrogen) atoms. The van der Waals surface area contributed by atoms with Crippen LogP contribution in [0.4, 0.5) is 10.1 Å². The second kappa shape index (κ2) is 13.9. The van der Waals surface area contributed by atoms with Crippen LogP contribution in [0, 0.1) is 5.82 Å². The summed E-state index contributed by atoms with van der Waals surface area (Å²) in [6.45, 7) is 3.91. The van der Waals surface area contributed by atoms with Crippen LogP contribution in [0.2, 0.25) is 0 Å². The van der Waals surface area contributed by atoms with Gasteiger partial charge in [0, 0.05) is 35.0 Å². The van der Waals surface area contributed by atoms with Crippen LogP contribution in [-0.2, 0) is 9.53 Å². The summed E-state index contributed by atoms with van der Waals surface area (Å²) in [5, 5.41) is 24.0. The number of benzene rings is 3. The Morgan fingerprint density at radius 1 is 0.905 bits per heavy atom.